The first-order valence-corrected chi connectivity index (χ1v) is 15.5. The number of piperazine rings is 1. The second-order valence-electron chi connectivity index (χ2n) is 12.8. The summed E-state index contributed by atoms with van der Waals surface area (Å²) in [6.07, 6.45) is 5.37. The third-order valence-corrected chi connectivity index (χ3v) is 9.30. The smallest absolute Gasteiger partial charge is 0.0995 e. The van der Waals surface area contributed by atoms with E-state index in [9.17, 15) is 5.26 Å². The van der Waals surface area contributed by atoms with Crippen LogP contribution in [-0.4, -0.2) is 75.1 Å². The molecule has 0 radical (unpaired) electrons. The molecule has 1 aliphatic heterocycles. The summed E-state index contributed by atoms with van der Waals surface area (Å²) in [5.74, 6) is 1.57. The molecule has 0 spiro atoms. The molecular weight excluding hydrogens is 502 g/mol. The van der Waals surface area contributed by atoms with Gasteiger partial charge >= 0.3 is 0 Å². The predicted octanol–water partition coefficient (Wildman–Crippen LogP) is 6.22. The highest BCUT2D eigenvalue weighted by atomic mass is 15.3. The van der Waals surface area contributed by atoms with Gasteiger partial charge in [-0.1, -0.05) is 48.5 Å². The Hall–Kier alpha value is -3.17. The first-order valence-electron chi connectivity index (χ1n) is 15.5. The third-order valence-electron chi connectivity index (χ3n) is 9.30. The van der Waals surface area contributed by atoms with E-state index in [0.717, 1.165) is 68.8 Å². The summed E-state index contributed by atoms with van der Waals surface area (Å²) >= 11 is 0. The Morgan fingerprint density at radius 2 is 1.32 bits per heavy atom. The average Bonchev–Trinajstić information content (AvgIpc) is 3.92. The largest absolute Gasteiger partial charge is 0.373 e. The van der Waals surface area contributed by atoms with Crippen LogP contribution >= 0.6 is 0 Å². The highest BCUT2D eigenvalue weighted by Gasteiger charge is 2.29. The maximum atomic E-state index is 9.84. The molecule has 1 saturated heterocycles. The second-order valence-corrected chi connectivity index (χ2v) is 12.8. The summed E-state index contributed by atoms with van der Waals surface area (Å²) in [7, 11) is 6.35. The molecule has 0 N–H and O–H groups in total. The van der Waals surface area contributed by atoms with Gasteiger partial charge in [-0.2, -0.15) is 5.26 Å². The standard InChI is InChI=1S/C36H45N5/c1-38(2)18-19-39(3)35-17-16-33(25-37)34(24-35)26-40-20-22-41(23-21-40)36(31-12-8-29(9-13-31)27-4-5-27)32-14-10-30(11-15-32)28-6-7-28/h8-17,24,27-28,36H,4-7,18-23,26H2,1-3H3. The van der Waals surface area contributed by atoms with Gasteiger partial charge in [0.15, 0.2) is 0 Å². The van der Waals surface area contributed by atoms with Gasteiger partial charge in [-0.3, -0.25) is 9.80 Å². The zero-order chi connectivity index (χ0) is 28.3. The van der Waals surface area contributed by atoms with Crippen LogP contribution < -0.4 is 4.90 Å². The number of hydrogen-bond donors (Lipinski definition) is 0. The van der Waals surface area contributed by atoms with Crippen LogP contribution in [0.4, 0.5) is 5.69 Å². The van der Waals surface area contributed by atoms with Crippen molar-refractivity contribution in [3.63, 3.8) is 0 Å². The fourth-order valence-corrected chi connectivity index (χ4v) is 6.31. The minimum absolute atomic E-state index is 0.280. The van der Waals surface area contributed by atoms with Gasteiger partial charge in [0.05, 0.1) is 17.7 Å². The Morgan fingerprint density at radius 3 is 1.80 bits per heavy atom. The fraction of sp³-hybridized carbons (Fsp3) is 0.472. The van der Waals surface area contributed by atoms with Gasteiger partial charge in [-0.25, -0.2) is 0 Å². The topological polar surface area (TPSA) is 36.8 Å². The number of likely N-dealkylation sites (N-methyl/N-ethyl adjacent to an activating group) is 2. The lowest BCUT2D eigenvalue weighted by Gasteiger charge is -2.40. The van der Waals surface area contributed by atoms with Crippen LogP contribution in [0.1, 0.15) is 76.9 Å². The number of anilines is 1. The molecular formula is C36H45N5. The Labute approximate surface area is 247 Å². The maximum Gasteiger partial charge on any atom is 0.0995 e. The van der Waals surface area contributed by atoms with E-state index >= 15 is 0 Å². The van der Waals surface area contributed by atoms with Gasteiger partial charge < -0.3 is 9.80 Å². The van der Waals surface area contributed by atoms with Crippen molar-refractivity contribution < 1.29 is 0 Å². The lowest BCUT2D eigenvalue weighted by Crippen LogP contribution is -2.47. The molecule has 1 heterocycles. The van der Waals surface area contributed by atoms with Gasteiger partial charge in [0, 0.05) is 58.5 Å². The van der Waals surface area contributed by atoms with Crippen molar-refractivity contribution in [1.29, 1.82) is 5.26 Å². The molecule has 5 heteroatoms. The van der Waals surface area contributed by atoms with Crippen molar-refractivity contribution in [3.05, 3.63) is 100 Å². The van der Waals surface area contributed by atoms with Gasteiger partial charge in [0.25, 0.3) is 0 Å². The van der Waals surface area contributed by atoms with E-state index in [0.29, 0.717) is 0 Å². The van der Waals surface area contributed by atoms with Crippen molar-refractivity contribution in [2.75, 3.05) is 65.3 Å². The summed E-state index contributed by atoms with van der Waals surface area (Å²) in [5, 5.41) is 9.84. The van der Waals surface area contributed by atoms with Gasteiger partial charge in [-0.15, -0.1) is 0 Å². The van der Waals surface area contributed by atoms with E-state index in [4.69, 9.17) is 0 Å². The average molecular weight is 548 g/mol. The summed E-state index contributed by atoms with van der Waals surface area (Å²) in [6, 6.07) is 28.1. The van der Waals surface area contributed by atoms with Crippen LogP contribution in [0.25, 0.3) is 0 Å². The normalized spacial score (nSPS) is 18.1. The molecule has 0 bridgehead atoms. The van der Waals surface area contributed by atoms with Crippen molar-refractivity contribution in [3.8, 4) is 6.07 Å². The summed E-state index contributed by atoms with van der Waals surface area (Å²) in [5.41, 5.74) is 8.93. The minimum Gasteiger partial charge on any atom is -0.373 e. The van der Waals surface area contributed by atoms with Gasteiger partial charge in [-0.05, 0) is 97.6 Å². The SMILES string of the molecule is CN(C)CCN(C)c1ccc(C#N)c(CN2CCN(C(c3ccc(C4CC4)cc3)c3ccc(C4CC4)cc3)CC2)c1. The number of rotatable bonds is 11. The van der Waals surface area contributed by atoms with Gasteiger partial charge in [0.1, 0.15) is 0 Å². The maximum absolute atomic E-state index is 9.84. The third kappa shape index (κ3) is 6.84. The highest BCUT2D eigenvalue weighted by molar-refractivity contribution is 5.53. The van der Waals surface area contributed by atoms with Crippen LogP contribution in [0.3, 0.4) is 0 Å². The van der Waals surface area contributed by atoms with E-state index in [2.05, 4.69) is 107 Å². The van der Waals surface area contributed by atoms with Crippen molar-refractivity contribution in [1.82, 2.24) is 14.7 Å². The van der Waals surface area contributed by atoms with Crippen LogP contribution in [0.15, 0.2) is 66.7 Å². The summed E-state index contributed by atoms with van der Waals surface area (Å²) < 4.78 is 0. The molecule has 214 valence electrons. The lowest BCUT2D eigenvalue weighted by atomic mass is 9.93. The van der Waals surface area contributed by atoms with Crippen molar-refractivity contribution in [2.45, 2.75) is 50.1 Å². The Kier molecular flexibility index (Phi) is 8.44. The van der Waals surface area contributed by atoms with E-state index in [-0.39, 0.29) is 6.04 Å². The summed E-state index contributed by atoms with van der Waals surface area (Å²) in [6.45, 7) is 6.82. The quantitative estimate of drug-likeness (QED) is 0.285. The Balaban J connectivity index is 1.16. The number of benzene rings is 3. The number of nitriles is 1. The molecule has 0 aromatic heterocycles. The van der Waals surface area contributed by atoms with Crippen LogP contribution in [0.2, 0.25) is 0 Å². The Morgan fingerprint density at radius 1 is 0.756 bits per heavy atom. The molecule has 3 fully saturated rings. The molecule has 0 atom stereocenters. The molecule has 41 heavy (non-hydrogen) atoms. The second kappa shape index (κ2) is 12.4. The molecule has 0 unspecified atom stereocenters. The molecule has 2 aliphatic carbocycles. The van der Waals surface area contributed by atoms with Crippen LogP contribution in [0, 0.1) is 11.3 Å². The predicted molar refractivity (Wildman–Crippen MR) is 169 cm³/mol. The molecule has 3 aromatic carbocycles. The summed E-state index contributed by atoms with van der Waals surface area (Å²) in [4.78, 5) is 9.69. The minimum atomic E-state index is 0.280. The van der Waals surface area contributed by atoms with Crippen molar-refractivity contribution in [2.24, 2.45) is 0 Å². The first-order chi connectivity index (χ1) is 20.0. The zero-order valence-electron chi connectivity index (χ0n) is 25.1. The molecule has 2 saturated carbocycles. The van der Waals surface area contributed by atoms with Crippen molar-refractivity contribution >= 4 is 5.69 Å². The molecule has 6 rings (SSSR count). The fourth-order valence-electron chi connectivity index (χ4n) is 6.31. The first kappa shape index (κ1) is 28.0. The molecule has 3 aromatic rings. The molecule has 5 nitrogen and oxygen atoms in total. The number of hydrogen-bond acceptors (Lipinski definition) is 5. The van der Waals surface area contributed by atoms with E-state index in [1.54, 1.807) is 0 Å². The lowest BCUT2D eigenvalue weighted by molar-refractivity contribution is 0.105. The van der Waals surface area contributed by atoms with Crippen LogP contribution in [0.5, 0.6) is 0 Å². The van der Waals surface area contributed by atoms with Crippen LogP contribution in [-0.2, 0) is 6.54 Å². The van der Waals surface area contributed by atoms with E-state index < -0.39 is 0 Å². The highest BCUT2D eigenvalue weighted by Crippen LogP contribution is 2.42. The molecule has 3 aliphatic rings. The van der Waals surface area contributed by atoms with Gasteiger partial charge in [0.2, 0.25) is 0 Å². The zero-order valence-corrected chi connectivity index (χ0v) is 25.1. The number of nitrogens with zero attached hydrogens (tertiary/aromatic N) is 5. The monoisotopic (exact) mass is 547 g/mol. The Bertz CT molecular complexity index is 1280. The molecule has 0 amide bonds. The van der Waals surface area contributed by atoms with E-state index in [1.165, 1.54) is 53.6 Å². The van der Waals surface area contributed by atoms with E-state index in [1.807, 2.05) is 6.07 Å².